The van der Waals surface area contributed by atoms with Gasteiger partial charge >= 0.3 is 0 Å². The average molecular weight is 264 g/mol. The molecule has 1 saturated heterocycles. The van der Waals surface area contributed by atoms with Gasteiger partial charge in [0.25, 0.3) is 0 Å². The van der Waals surface area contributed by atoms with E-state index in [0.29, 0.717) is 13.0 Å². The van der Waals surface area contributed by atoms with E-state index in [-0.39, 0.29) is 5.84 Å². The number of anilines is 2. The molecule has 19 heavy (non-hydrogen) atoms. The molecule has 0 radical (unpaired) electrons. The van der Waals surface area contributed by atoms with E-state index in [1.807, 2.05) is 12.1 Å². The molecule has 0 aromatic heterocycles. The Hall–Kier alpha value is -1.95. The molecule has 1 aliphatic rings. The maximum Gasteiger partial charge on any atom is 0.140 e. The molecule has 1 aromatic rings. The first kappa shape index (κ1) is 13.5. The Morgan fingerprint density at radius 2 is 2.00 bits per heavy atom. The summed E-state index contributed by atoms with van der Waals surface area (Å²) in [6.45, 7) is 4.11. The largest absolute Gasteiger partial charge is 0.409 e. The van der Waals surface area contributed by atoms with Crippen LogP contribution in [0.2, 0.25) is 0 Å². The Balaban J connectivity index is 1.84. The van der Waals surface area contributed by atoms with Gasteiger partial charge in [0.1, 0.15) is 5.84 Å². The molecule has 2 rings (SSSR count). The number of ether oxygens (including phenoxy) is 1. The Morgan fingerprint density at radius 1 is 1.32 bits per heavy atom. The van der Waals surface area contributed by atoms with Crippen LogP contribution in [0.5, 0.6) is 0 Å². The van der Waals surface area contributed by atoms with Gasteiger partial charge in [-0.1, -0.05) is 5.16 Å². The van der Waals surface area contributed by atoms with E-state index in [1.54, 1.807) is 0 Å². The van der Waals surface area contributed by atoms with Crippen molar-refractivity contribution in [3.63, 3.8) is 0 Å². The fraction of sp³-hybridized carbons (Fsp3) is 0.462. The highest BCUT2D eigenvalue weighted by atomic mass is 16.5. The van der Waals surface area contributed by atoms with Crippen molar-refractivity contribution >= 4 is 17.2 Å². The molecule has 0 spiro atoms. The minimum absolute atomic E-state index is 0.234. The van der Waals surface area contributed by atoms with Crippen molar-refractivity contribution in [2.75, 3.05) is 43.1 Å². The fourth-order valence-corrected chi connectivity index (χ4v) is 2.00. The van der Waals surface area contributed by atoms with Crippen molar-refractivity contribution in [2.45, 2.75) is 6.42 Å². The molecule has 1 aromatic carbocycles. The second-order valence-electron chi connectivity index (χ2n) is 4.41. The normalized spacial score (nSPS) is 16.4. The van der Waals surface area contributed by atoms with Gasteiger partial charge in [0.2, 0.25) is 0 Å². The molecule has 1 fully saturated rings. The number of oxime groups is 1. The van der Waals surface area contributed by atoms with Gasteiger partial charge in [-0.2, -0.15) is 0 Å². The van der Waals surface area contributed by atoms with Crippen LogP contribution in [0.15, 0.2) is 29.4 Å². The maximum absolute atomic E-state index is 8.43. The number of hydrogen-bond acceptors (Lipinski definition) is 5. The standard InChI is InChI=1S/C13H20N4O2/c14-13(16-18)5-6-15-11-1-3-12(4-2-11)17-7-9-19-10-8-17/h1-4,15,18H,5-10H2,(H2,14,16). The van der Waals surface area contributed by atoms with Crippen LogP contribution in [-0.2, 0) is 4.74 Å². The summed E-state index contributed by atoms with van der Waals surface area (Å²) >= 11 is 0. The number of amidine groups is 1. The van der Waals surface area contributed by atoms with Crippen molar-refractivity contribution in [1.29, 1.82) is 0 Å². The summed E-state index contributed by atoms with van der Waals surface area (Å²) in [4.78, 5) is 2.31. The SMILES string of the molecule is NC(CCNc1ccc(N2CCOCC2)cc1)=NO. The lowest BCUT2D eigenvalue weighted by molar-refractivity contribution is 0.122. The van der Waals surface area contributed by atoms with Crippen LogP contribution in [0.1, 0.15) is 6.42 Å². The molecule has 1 aliphatic heterocycles. The third-order valence-corrected chi connectivity index (χ3v) is 3.08. The van der Waals surface area contributed by atoms with Crippen molar-refractivity contribution in [1.82, 2.24) is 0 Å². The van der Waals surface area contributed by atoms with Crippen LogP contribution < -0.4 is 16.0 Å². The highest BCUT2D eigenvalue weighted by Crippen LogP contribution is 2.18. The molecule has 0 bridgehead atoms. The molecule has 0 unspecified atom stereocenters. The topological polar surface area (TPSA) is 83.1 Å². The van der Waals surface area contributed by atoms with Crippen LogP contribution in [0, 0.1) is 0 Å². The van der Waals surface area contributed by atoms with E-state index < -0.39 is 0 Å². The summed E-state index contributed by atoms with van der Waals surface area (Å²) < 4.78 is 5.33. The minimum Gasteiger partial charge on any atom is -0.409 e. The fourth-order valence-electron chi connectivity index (χ4n) is 2.00. The van der Waals surface area contributed by atoms with Crippen LogP contribution in [0.25, 0.3) is 0 Å². The van der Waals surface area contributed by atoms with Gasteiger partial charge in [-0.3, -0.25) is 0 Å². The summed E-state index contributed by atoms with van der Waals surface area (Å²) in [6, 6.07) is 8.27. The molecule has 4 N–H and O–H groups in total. The lowest BCUT2D eigenvalue weighted by Gasteiger charge is -2.28. The van der Waals surface area contributed by atoms with E-state index >= 15 is 0 Å². The zero-order chi connectivity index (χ0) is 13.5. The summed E-state index contributed by atoms with van der Waals surface area (Å²) in [5.74, 6) is 0.234. The van der Waals surface area contributed by atoms with Gasteiger partial charge < -0.3 is 25.9 Å². The smallest absolute Gasteiger partial charge is 0.140 e. The predicted molar refractivity (Wildman–Crippen MR) is 76.0 cm³/mol. The minimum atomic E-state index is 0.234. The van der Waals surface area contributed by atoms with Gasteiger partial charge in [0.15, 0.2) is 0 Å². The Bertz CT molecular complexity index is 413. The van der Waals surface area contributed by atoms with Gasteiger partial charge in [-0.25, -0.2) is 0 Å². The number of nitrogens with zero attached hydrogens (tertiary/aromatic N) is 2. The van der Waals surface area contributed by atoms with Crippen molar-refractivity contribution in [3.8, 4) is 0 Å². The lowest BCUT2D eigenvalue weighted by atomic mass is 10.2. The molecule has 0 aliphatic carbocycles. The van der Waals surface area contributed by atoms with Gasteiger partial charge in [-0.05, 0) is 24.3 Å². The van der Waals surface area contributed by atoms with E-state index in [9.17, 15) is 0 Å². The number of morpholine rings is 1. The number of hydrogen-bond donors (Lipinski definition) is 3. The predicted octanol–water partition coefficient (Wildman–Crippen LogP) is 1.07. The maximum atomic E-state index is 8.43. The number of nitrogens with two attached hydrogens (primary N) is 1. The van der Waals surface area contributed by atoms with E-state index in [0.717, 1.165) is 32.0 Å². The van der Waals surface area contributed by atoms with Crippen molar-refractivity contribution in [3.05, 3.63) is 24.3 Å². The number of benzene rings is 1. The monoisotopic (exact) mass is 264 g/mol. The number of rotatable bonds is 5. The second kappa shape index (κ2) is 6.84. The highest BCUT2D eigenvalue weighted by Gasteiger charge is 2.10. The quantitative estimate of drug-likeness (QED) is 0.321. The first-order chi connectivity index (χ1) is 9.29. The van der Waals surface area contributed by atoms with E-state index in [4.69, 9.17) is 15.7 Å². The van der Waals surface area contributed by atoms with E-state index in [2.05, 4.69) is 27.5 Å². The van der Waals surface area contributed by atoms with E-state index in [1.165, 1.54) is 5.69 Å². The van der Waals surface area contributed by atoms with Crippen LogP contribution in [0.3, 0.4) is 0 Å². The first-order valence-electron chi connectivity index (χ1n) is 6.42. The second-order valence-corrected chi connectivity index (χ2v) is 4.41. The lowest BCUT2D eigenvalue weighted by Crippen LogP contribution is -2.36. The third kappa shape index (κ3) is 4.03. The van der Waals surface area contributed by atoms with Crippen molar-refractivity contribution in [2.24, 2.45) is 10.9 Å². The van der Waals surface area contributed by atoms with Crippen LogP contribution in [0.4, 0.5) is 11.4 Å². The molecule has 1 heterocycles. The Kier molecular flexibility index (Phi) is 4.85. The molecular formula is C13H20N4O2. The number of nitrogens with one attached hydrogen (secondary N) is 1. The Morgan fingerprint density at radius 3 is 2.63 bits per heavy atom. The molecule has 6 heteroatoms. The zero-order valence-corrected chi connectivity index (χ0v) is 10.9. The Labute approximate surface area is 112 Å². The third-order valence-electron chi connectivity index (χ3n) is 3.08. The summed E-state index contributed by atoms with van der Waals surface area (Å²) in [6.07, 6.45) is 0.516. The molecule has 0 atom stereocenters. The highest BCUT2D eigenvalue weighted by molar-refractivity contribution is 5.80. The van der Waals surface area contributed by atoms with Gasteiger partial charge in [-0.15, -0.1) is 0 Å². The summed E-state index contributed by atoms with van der Waals surface area (Å²) in [5.41, 5.74) is 7.64. The zero-order valence-electron chi connectivity index (χ0n) is 10.9. The average Bonchev–Trinajstić information content (AvgIpc) is 2.48. The summed E-state index contributed by atoms with van der Waals surface area (Å²) in [7, 11) is 0. The molecule has 6 nitrogen and oxygen atoms in total. The first-order valence-corrected chi connectivity index (χ1v) is 6.42. The van der Waals surface area contributed by atoms with Gasteiger partial charge in [0, 0.05) is 37.4 Å². The molecule has 0 saturated carbocycles. The van der Waals surface area contributed by atoms with Gasteiger partial charge in [0.05, 0.1) is 13.2 Å². The van der Waals surface area contributed by atoms with Crippen molar-refractivity contribution < 1.29 is 9.94 Å². The molecule has 0 amide bonds. The molecule has 104 valence electrons. The van der Waals surface area contributed by atoms with Crippen LogP contribution in [-0.4, -0.2) is 43.9 Å². The summed E-state index contributed by atoms with van der Waals surface area (Å²) in [5, 5.41) is 14.6. The molecular weight excluding hydrogens is 244 g/mol. The van der Waals surface area contributed by atoms with Crippen LogP contribution >= 0.6 is 0 Å².